The maximum Gasteiger partial charge on any atom is 0.338 e. The van der Waals surface area contributed by atoms with Gasteiger partial charge in [-0.3, -0.25) is 14.9 Å². The number of fused-ring (bicyclic) bond motifs is 1. The minimum absolute atomic E-state index is 0.138. The average molecular weight is 404 g/mol. The van der Waals surface area contributed by atoms with Gasteiger partial charge >= 0.3 is 11.9 Å². The first-order valence-electron chi connectivity index (χ1n) is 9.75. The zero-order valence-corrected chi connectivity index (χ0v) is 16.3. The number of carbonyl (C=O) groups excluding carboxylic acids is 3. The number of carbonyl (C=O) groups is 3. The molecule has 3 rings (SSSR count). The van der Waals surface area contributed by atoms with Gasteiger partial charge in [-0.15, -0.1) is 0 Å². The summed E-state index contributed by atoms with van der Waals surface area (Å²) in [5, 5.41) is 11.1. The predicted molar refractivity (Wildman–Crippen MR) is 101 cm³/mol. The predicted octanol–water partition coefficient (Wildman–Crippen LogP) is 2.72. The maximum atomic E-state index is 12.7. The first-order chi connectivity index (χ1) is 13.9. The molecule has 0 radical (unpaired) electrons. The summed E-state index contributed by atoms with van der Waals surface area (Å²) in [4.78, 5) is 48.9. The van der Waals surface area contributed by atoms with Gasteiger partial charge in [-0.05, 0) is 37.7 Å². The molecule has 29 heavy (non-hydrogen) atoms. The van der Waals surface area contributed by atoms with E-state index < -0.39 is 29.2 Å². The number of piperidine rings is 1. The van der Waals surface area contributed by atoms with Crippen molar-refractivity contribution in [3.05, 3.63) is 39.4 Å². The first kappa shape index (κ1) is 20.8. The van der Waals surface area contributed by atoms with Crippen LogP contribution in [0.1, 0.15) is 59.2 Å². The monoisotopic (exact) mass is 404 g/mol. The Balaban J connectivity index is 1.68. The molecule has 1 saturated heterocycles. The third-order valence-electron chi connectivity index (χ3n) is 5.68. The number of nitro groups is 1. The van der Waals surface area contributed by atoms with E-state index >= 15 is 0 Å². The molecule has 0 bridgehead atoms. The molecule has 156 valence electrons. The number of likely N-dealkylation sites (tertiary alicyclic amines) is 1. The standard InChI is InChI=1S/C20H24N2O7/c1-28-19(24)14-9-15(11-16(10-14)22(26)27)20(25)29-12-18(23)21-8-4-6-13-5-2-3-7-17(13)21/h9-11,13,17H,2-8,12H2,1H3/t13-,17+/m1/s1. The van der Waals surface area contributed by atoms with Gasteiger partial charge in [0.2, 0.25) is 0 Å². The number of hydrogen-bond acceptors (Lipinski definition) is 7. The molecule has 2 fully saturated rings. The number of ether oxygens (including phenoxy) is 2. The van der Waals surface area contributed by atoms with Crippen molar-refractivity contribution in [2.75, 3.05) is 20.3 Å². The second kappa shape index (κ2) is 9.02. The Bertz CT molecular complexity index is 821. The van der Waals surface area contributed by atoms with Crippen LogP contribution in [-0.2, 0) is 14.3 Å². The van der Waals surface area contributed by atoms with Gasteiger partial charge in [-0.2, -0.15) is 0 Å². The molecular weight excluding hydrogens is 380 g/mol. The molecule has 0 aromatic heterocycles. The quantitative estimate of drug-likeness (QED) is 0.421. The minimum atomic E-state index is -0.899. The van der Waals surface area contributed by atoms with Crippen molar-refractivity contribution in [2.24, 2.45) is 5.92 Å². The summed E-state index contributed by atoms with van der Waals surface area (Å²) >= 11 is 0. The highest BCUT2D eigenvalue weighted by molar-refractivity contribution is 5.97. The van der Waals surface area contributed by atoms with Crippen LogP contribution in [0.15, 0.2) is 18.2 Å². The highest BCUT2D eigenvalue weighted by atomic mass is 16.6. The molecule has 1 aliphatic carbocycles. The number of hydrogen-bond donors (Lipinski definition) is 0. The smallest absolute Gasteiger partial charge is 0.338 e. The molecule has 9 nitrogen and oxygen atoms in total. The van der Waals surface area contributed by atoms with Crippen molar-refractivity contribution in [1.29, 1.82) is 0 Å². The first-order valence-corrected chi connectivity index (χ1v) is 9.75. The van der Waals surface area contributed by atoms with Crippen LogP contribution in [-0.4, -0.2) is 54.0 Å². The number of non-ortho nitro benzene ring substituents is 1. The summed E-state index contributed by atoms with van der Waals surface area (Å²) in [6, 6.07) is 3.39. The molecule has 1 aliphatic heterocycles. The van der Waals surface area contributed by atoms with Gasteiger partial charge in [-0.25, -0.2) is 9.59 Å². The fourth-order valence-electron chi connectivity index (χ4n) is 4.30. The van der Waals surface area contributed by atoms with Crippen LogP contribution in [0, 0.1) is 16.0 Å². The number of nitrogens with zero attached hydrogens (tertiary/aromatic N) is 2. The molecule has 1 saturated carbocycles. The molecule has 0 unspecified atom stereocenters. The van der Waals surface area contributed by atoms with E-state index in [1.807, 2.05) is 4.90 Å². The van der Waals surface area contributed by atoms with Gasteiger partial charge in [0.1, 0.15) is 0 Å². The van der Waals surface area contributed by atoms with Crippen molar-refractivity contribution in [1.82, 2.24) is 4.90 Å². The topological polar surface area (TPSA) is 116 Å². The highest BCUT2D eigenvalue weighted by Gasteiger charge is 2.35. The molecule has 9 heteroatoms. The zero-order valence-electron chi connectivity index (χ0n) is 16.3. The van der Waals surface area contributed by atoms with Crippen LogP contribution in [0.25, 0.3) is 0 Å². The van der Waals surface area contributed by atoms with Crippen molar-refractivity contribution < 1.29 is 28.8 Å². The third-order valence-corrected chi connectivity index (χ3v) is 5.68. The maximum absolute atomic E-state index is 12.7. The molecule has 0 spiro atoms. The molecule has 1 aromatic carbocycles. The van der Waals surface area contributed by atoms with Crippen LogP contribution in [0.4, 0.5) is 5.69 Å². The van der Waals surface area contributed by atoms with E-state index in [4.69, 9.17) is 4.74 Å². The zero-order chi connectivity index (χ0) is 21.0. The number of rotatable bonds is 5. The summed E-state index contributed by atoms with van der Waals surface area (Å²) in [7, 11) is 1.13. The van der Waals surface area contributed by atoms with Crippen molar-refractivity contribution in [3.63, 3.8) is 0 Å². The van der Waals surface area contributed by atoms with Crippen LogP contribution < -0.4 is 0 Å². The molecular formula is C20H24N2O7. The lowest BCUT2D eigenvalue weighted by Gasteiger charge is -2.44. The summed E-state index contributed by atoms with van der Waals surface area (Å²) in [6.07, 6.45) is 6.44. The number of nitro benzene ring substituents is 1. The van der Waals surface area contributed by atoms with Crippen LogP contribution in [0.3, 0.4) is 0 Å². The van der Waals surface area contributed by atoms with Crippen LogP contribution in [0.2, 0.25) is 0 Å². The molecule has 0 N–H and O–H groups in total. The van der Waals surface area contributed by atoms with E-state index in [9.17, 15) is 24.5 Å². The molecule has 2 aliphatic rings. The molecule has 2 atom stereocenters. The average Bonchev–Trinajstić information content (AvgIpc) is 2.75. The lowest BCUT2D eigenvalue weighted by molar-refractivity contribution is -0.384. The number of methoxy groups -OCH3 is 1. The summed E-state index contributed by atoms with van der Waals surface area (Å²) < 4.78 is 9.68. The number of amides is 1. The Morgan fingerprint density at radius 2 is 1.72 bits per heavy atom. The van der Waals surface area contributed by atoms with Gasteiger partial charge in [0, 0.05) is 24.7 Å². The van der Waals surface area contributed by atoms with Gasteiger partial charge in [-0.1, -0.05) is 12.8 Å². The van der Waals surface area contributed by atoms with E-state index in [1.165, 1.54) is 6.42 Å². The van der Waals surface area contributed by atoms with Gasteiger partial charge in [0.25, 0.3) is 11.6 Å². The number of benzene rings is 1. The summed E-state index contributed by atoms with van der Waals surface area (Å²) in [5.74, 6) is -1.45. The highest BCUT2D eigenvalue weighted by Crippen LogP contribution is 2.35. The summed E-state index contributed by atoms with van der Waals surface area (Å²) in [5.41, 5.74) is -0.755. The van der Waals surface area contributed by atoms with E-state index in [-0.39, 0.29) is 23.1 Å². The van der Waals surface area contributed by atoms with Crippen LogP contribution >= 0.6 is 0 Å². The lowest BCUT2D eigenvalue weighted by Crippen LogP contribution is -2.50. The van der Waals surface area contributed by atoms with Crippen molar-refractivity contribution >= 4 is 23.5 Å². The van der Waals surface area contributed by atoms with Gasteiger partial charge in [0.15, 0.2) is 6.61 Å². The van der Waals surface area contributed by atoms with Gasteiger partial charge in [0.05, 0.1) is 23.2 Å². The second-order valence-corrected chi connectivity index (χ2v) is 7.43. The van der Waals surface area contributed by atoms with Crippen molar-refractivity contribution in [3.8, 4) is 0 Å². The van der Waals surface area contributed by atoms with E-state index in [2.05, 4.69) is 4.74 Å². The minimum Gasteiger partial charge on any atom is -0.465 e. The number of esters is 2. The van der Waals surface area contributed by atoms with Crippen LogP contribution in [0.5, 0.6) is 0 Å². The lowest BCUT2D eigenvalue weighted by atomic mass is 9.78. The Morgan fingerprint density at radius 1 is 1.07 bits per heavy atom. The van der Waals surface area contributed by atoms with E-state index in [0.717, 1.165) is 57.4 Å². The Labute approximate surface area is 168 Å². The Hall–Kier alpha value is -2.97. The SMILES string of the molecule is COC(=O)c1cc(C(=O)OCC(=O)N2CCC[C@H]3CCCC[C@@H]32)cc([N+](=O)[O-])c1. The largest absolute Gasteiger partial charge is 0.465 e. The third kappa shape index (κ3) is 4.72. The fourth-order valence-corrected chi connectivity index (χ4v) is 4.30. The Kier molecular flexibility index (Phi) is 6.46. The van der Waals surface area contributed by atoms with E-state index in [0.29, 0.717) is 12.5 Å². The fraction of sp³-hybridized carbons (Fsp3) is 0.550. The molecule has 1 aromatic rings. The van der Waals surface area contributed by atoms with Crippen molar-refractivity contribution in [2.45, 2.75) is 44.6 Å². The molecule has 1 heterocycles. The summed E-state index contributed by atoms with van der Waals surface area (Å²) in [6.45, 7) is 0.221. The van der Waals surface area contributed by atoms with E-state index in [1.54, 1.807) is 0 Å². The van der Waals surface area contributed by atoms with Gasteiger partial charge < -0.3 is 14.4 Å². The Morgan fingerprint density at radius 3 is 2.41 bits per heavy atom. The second-order valence-electron chi connectivity index (χ2n) is 7.43. The normalized spacial score (nSPS) is 21.1. The molecule has 1 amide bonds.